The van der Waals surface area contributed by atoms with Gasteiger partial charge in [-0.3, -0.25) is 4.79 Å². The van der Waals surface area contributed by atoms with Gasteiger partial charge in [0, 0.05) is 13.1 Å². The van der Waals surface area contributed by atoms with E-state index in [4.69, 9.17) is 0 Å². The standard InChI is InChI=1S/C14H15F4NO/c1-13(2)6-7-19(8-13)12(20)9-4-3-5-10(11(9)15)14(16,17)18/h3-5H,6-8H2,1-2H3. The minimum Gasteiger partial charge on any atom is -0.338 e. The average molecular weight is 289 g/mol. The minimum atomic E-state index is -4.80. The van der Waals surface area contributed by atoms with Crippen molar-refractivity contribution in [3.8, 4) is 0 Å². The van der Waals surface area contributed by atoms with Crippen molar-refractivity contribution in [2.75, 3.05) is 13.1 Å². The highest BCUT2D eigenvalue weighted by Gasteiger charge is 2.38. The van der Waals surface area contributed by atoms with Crippen LogP contribution in [0.5, 0.6) is 0 Å². The Bertz CT molecular complexity index is 536. The number of carbonyl (C=O) groups is 1. The van der Waals surface area contributed by atoms with E-state index in [1.54, 1.807) is 0 Å². The lowest BCUT2D eigenvalue weighted by molar-refractivity contribution is -0.140. The normalized spacial score (nSPS) is 18.4. The maximum Gasteiger partial charge on any atom is 0.419 e. The first kappa shape index (κ1) is 14.8. The summed E-state index contributed by atoms with van der Waals surface area (Å²) in [5.41, 5.74) is -2.01. The Morgan fingerprint density at radius 3 is 2.45 bits per heavy atom. The Morgan fingerprint density at radius 2 is 1.95 bits per heavy atom. The number of likely N-dealkylation sites (tertiary alicyclic amines) is 1. The molecule has 1 amide bonds. The van der Waals surface area contributed by atoms with Crippen molar-refractivity contribution in [3.63, 3.8) is 0 Å². The fourth-order valence-electron chi connectivity index (χ4n) is 2.37. The number of benzene rings is 1. The largest absolute Gasteiger partial charge is 0.419 e. The Kier molecular flexibility index (Phi) is 3.52. The quantitative estimate of drug-likeness (QED) is 0.722. The number of rotatable bonds is 1. The molecule has 0 aliphatic carbocycles. The first-order valence-electron chi connectivity index (χ1n) is 6.27. The van der Waals surface area contributed by atoms with Crippen LogP contribution in [0, 0.1) is 11.2 Å². The molecule has 110 valence electrons. The first-order chi connectivity index (χ1) is 9.12. The molecule has 1 heterocycles. The summed E-state index contributed by atoms with van der Waals surface area (Å²) in [6, 6.07) is 2.79. The molecule has 0 saturated carbocycles. The molecule has 20 heavy (non-hydrogen) atoms. The second-order valence-electron chi connectivity index (χ2n) is 5.81. The monoisotopic (exact) mass is 289 g/mol. The summed E-state index contributed by atoms with van der Waals surface area (Å²) in [4.78, 5) is 13.6. The minimum absolute atomic E-state index is 0.0895. The highest BCUT2D eigenvalue weighted by atomic mass is 19.4. The van der Waals surface area contributed by atoms with Crippen molar-refractivity contribution in [1.82, 2.24) is 4.90 Å². The molecular formula is C14H15F4NO. The third kappa shape index (κ3) is 2.78. The molecule has 0 bridgehead atoms. The molecule has 2 rings (SSSR count). The predicted octanol–water partition coefficient (Wildman–Crippen LogP) is 3.72. The van der Waals surface area contributed by atoms with Crippen molar-refractivity contribution in [1.29, 1.82) is 0 Å². The Hall–Kier alpha value is -1.59. The molecule has 1 aliphatic heterocycles. The van der Waals surface area contributed by atoms with Crippen molar-refractivity contribution in [2.45, 2.75) is 26.4 Å². The van der Waals surface area contributed by atoms with Crippen LogP contribution in [0.2, 0.25) is 0 Å². The van der Waals surface area contributed by atoms with Crippen LogP contribution in [0.3, 0.4) is 0 Å². The van der Waals surface area contributed by atoms with E-state index in [0.717, 1.165) is 18.6 Å². The van der Waals surface area contributed by atoms with Gasteiger partial charge in [0.1, 0.15) is 5.82 Å². The molecule has 0 aromatic heterocycles. The molecule has 0 radical (unpaired) electrons. The van der Waals surface area contributed by atoms with Crippen LogP contribution in [-0.2, 0) is 6.18 Å². The van der Waals surface area contributed by atoms with Crippen molar-refractivity contribution < 1.29 is 22.4 Å². The number of nitrogens with zero attached hydrogens (tertiary/aromatic N) is 1. The fourth-order valence-corrected chi connectivity index (χ4v) is 2.37. The van der Waals surface area contributed by atoms with Gasteiger partial charge in [-0.15, -0.1) is 0 Å². The number of hydrogen-bond donors (Lipinski definition) is 0. The summed E-state index contributed by atoms with van der Waals surface area (Å²) in [5, 5.41) is 0. The van der Waals surface area contributed by atoms with Crippen LogP contribution in [0.25, 0.3) is 0 Å². The number of amides is 1. The van der Waals surface area contributed by atoms with E-state index >= 15 is 0 Å². The number of hydrogen-bond acceptors (Lipinski definition) is 1. The zero-order valence-corrected chi connectivity index (χ0v) is 11.2. The van der Waals surface area contributed by atoms with Crippen molar-refractivity contribution in [3.05, 3.63) is 35.1 Å². The summed E-state index contributed by atoms with van der Waals surface area (Å²) in [5.74, 6) is -2.17. The van der Waals surface area contributed by atoms with Gasteiger partial charge in [0.25, 0.3) is 5.91 Å². The second kappa shape index (κ2) is 4.75. The molecule has 1 saturated heterocycles. The highest BCUT2D eigenvalue weighted by molar-refractivity contribution is 5.95. The molecular weight excluding hydrogens is 274 g/mol. The van der Waals surface area contributed by atoms with E-state index in [0.29, 0.717) is 19.2 Å². The van der Waals surface area contributed by atoms with Gasteiger partial charge in [0.15, 0.2) is 0 Å². The molecule has 1 aromatic rings. The summed E-state index contributed by atoms with van der Waals surface area (Å²) < 4.78 is 51.8. The van der Waals surface area contributed by atoms with Crippen LogP contribution >= 0.6 is 0 Å². The van der Waals surface area contributed by atoms with Crippen LogP contribution in [0.4, 0.5) is 17.6 Å². The maximum absolute atomic E-state index is 13.9. The molecule has 6 heteroatoms. The van der Waals surface area contributed by atoms with Crippen LogP contribution < -0.4 is 0 Å². The third-order valence-corrected chi connectivity index (χ3v) is 3.50. The molecule has 0 atom stereocenters. The van der Waals surface area contributed by atoms with E-state index in [9.17, 15) is 22.4 Å². The SMILES string of the molecule is CC1(C)CCN(C(=O)c2cccc(C(F)(F)F)c2F)C1. The molecule has 1 aliphatic rings. The second-order valence-corrected chi connectivity index (χ2v) is 5.81. The molecule has 2 nitrogen and oxygen atoms in total. The predicted molar refractivity (Wildman–Crippen MR) is 65.7 cm³/mol. The van der Waals surface area contributed by atoms with Gasteiger partial charge >= 0.3 is 6.18 Å². The van der Waals surface area contributed by atoms with Gasteiger partial charge in [-0.2, -0.15) is 13.2 Å². The Balaban J connectivity index is 2.32. The lowest BCUT2D eigenvalue weighted by Crippen LogP contribution is -2.31. The summed E-state index contributed by atoms with van der Waals surface area (Å²) >= 11 is 0. The Morgan fingerprint density at radius 1 is 1.30 bits per heavy atom. The van der Waals surface area contributed by atoms with E-state index < -0.39 is 29.0 Å². The van der Waals surface area contributed by atoms with Gasteiger partial charge in [0.05, 0.1) is 11.1 Å². The molecule has 0 unspecified atom stereocenters. The topological polar surface area (TPSA) is 20.3 Å². The smallest absolute Gasteiger partial charge is 0.338 e. The van der Waals surface area contributed by atoms with Gasteiger partial charge in [-0.05, 0) is 24.0 Å². The van der Waals surface area contributed by atoms with Gasteiger partial charge < -0.3 is 4.90 Å². The summed E-state index contributed by atoms with van der Waals surface area (Å²) in [7, 11) is 0. The highest BCUT2D eigenvalue weighted by Crippen LogP contribution is 2.34. The number of halogens is 4. The van der Waals surface area contributed by atoms with Crippen LogP contribution in [0.1, 0.15) is 36.2 Å². The van der Waals surface area contributed by atoms with Crippen LogP contribution in [0.15, 0.2) is 18.2 Å². The average Bonchev–Trinajstić information content (AvgIpc) is 2.67. The number of carbonyl (C=O) groups excluding carboxylic acids is 1. The molecule has 1 fully saturated rings. The van der Waals surface area contributed by atoms with Gasteiger partial charge in [0.2, 0.25) is 0 Å². The van der Waals surface area contributed by atoms with Crippen molar-refractivity contribution >= 4 is 5.91 Å². The van der Waals surface area contributed by atoms with Gasteiger partial charge in [-0.25, -0.2) is 4.39 Å². The van der Waals surface area contributed by atoms with Crippen molar-refractivity contribution in [2.24, 2.45) is 5.41 Å². The van der Waals surface area contributed by atoms with E-state index in [-0.39, 0.29) is 5.41 Å². The molecule has 0 N–H and O–H groups in total. The third-order valence-electron chi connectivity index (χ3n) is 3.50. The maximum atomic E-state index is 13.9. The molecule has 1 aromatic carbocycles. The van der Waals surface area contributed by atoms with E-state index in [1.165, 1.54) is 4.90 Å². The zero-order valence-electron chi connectivity index (χ0n) is 11.2. The van der Waals surface area contributed by atoms with E-state index in [2.05, 4.69) is 0 Å². The van der Waals surface area contributed by atoms with Gasteiger partial charge in [-0.1, -0.05) is 19.9 Å². The van der Waals surface area contributed by atoms with E-state index in [1.807, 2.05) is 13.8 Å². The number of alkyl halides is 3. The summed E-state index contributed by atoms with van der Waals surface area (Å²) in [6.07, 6.45) is -4.05. The summed E-state index contributed by atoms with van der Waals surface area (Å²) in [6.45, 7) is 4.77. The molecule has 0 spiro atoms. The first-order valence-corrected chi connectivity index (χ1v) is 6.27. The zero-order chi connectivity index (χ0) is 15.1. The lowest BCUT2D eigenvalue weighted by Gasteiger charge is -2.20. The lowest BCUT2D eigenvalue weighted by atomic mass is 9.93. The Labute approximate surface area is 114 Å². The van der Waals surface area contributed by atoms with Crippen LogP contribution in [-0.4, -0.2) is 23.9 Å². The fraction of sp³-hybridized carbons (Fsp3) is 0.500.